The van der Waals surface area contributed by atoms with E-state index in [9.17, 15) is 4.79 Å². The molecule has 2 N–H and O–H groups in total. The van der Waals surface area contributed by atoms with Gasteiger partial charge >= 0.3 is 5.97 Å². The number of hydrogen-bond donors (Lipinski definition) is 2. The van der Waals surface area contributed by atoms with Gasteiger partial charge < -0.3 is 24.8 Å². The molecule has 0 saturated carbocycles. The van der Waals surface area contributed by atoms with E-state index in [4.69, 9.17) is 9.47 Å². The highest BCUT2D eigenvalue weighted by atomic mass is 16.5. The Kier molecular flexibility index (Phi) is 6.83. The van der Waals surface area contributed by atoms with Gasteiger partial charge in [0.05, 0.1) is 26.3 Å². The van der Waals surface area contributed by atoms with Crippen molar-refractivity contribution >= 4 is 23.4 Å². The van der Waals surface area contributed by atoms with Gasteiger partial charge in [-0.05, 0) is 54.6 Å². The van der Waals surface area contributed by atoms with Crippen molar-refractivity contribution < 1.29 is 19.0 Å². The number of anilines is 3. The summed E-state index contributed by atoms with van der Waals surface area (Å²) in [6, 6.07) is 16.1. The van der Waals surface area contributed by atoms with E-state index >= 15 is 0 Å². The lowest BCUT2D eigenvalue weighted by Gasteiger charge is -2.10. The number of hydrogen-bond acceptors (Lipinski definition) is 8. The molecule has 0 amide bonds. The first-order chi connectivity index (χ1) is 14.2. The fraction of sp³-hybridized carbons (Fsp3) is 0.190. The van der Waals surface area contributed by atoms with E-state index < -0.39 is 0 Å². The summed E-state index contributed by atoms with van der Waals surface area (Å²) in [6.45, 7) is 1.06. The zero-order valence-electron chi connectivity index (χ0n) is 16.2. The number of esters is 1. The zero-order chi connectivity index (χ0) is 20.5. The van der Waals surface area contributed by atoms with Crippen LogP contribution in [-0.4, -0.2) is 43.3 Å². The molecule has 0 fully saturated rings. The molecule has 0 spiro atoms. The van der Waals surface area contributed by atoms with Gasteiger partial charge in [0.25, 0.3) is 0 Å². The first-order valence-electron chi connectivity index (χ1n) is 8.97. The summed E-state index contributed by atoms with van der Waals surface area (Å²) in [5, 5.41) is 6.29. The molecule has 3 rings (SSSR count). The molecule has 8 heteroatoms. The molecule has 0 bridgehead atoms. The van der Waals surface area contributed by atoms with E-state index in [0.29, 0.717) is 30.5 Å². The summed E-state index contributed by atoms with van der Waals surface area (Å²) >= 11 is 0. The Morgan fingerprint density at radius 3 is 2.38 bits per heavy atom. The average molecular weight is 394 g/mol. The van der Waals surface area contributed by atoms with Crippen LogP contribution in [0.3, 0.4) is 0 Å². The fourth-order valence-electron chi connectivity index (χ4n) is 2.47. The highest BCUT2D eigenvalue weighted by Crippen LogP contribution is 2.17. The van der Waals surface area contributed by atoms with Crippen molar-refractivity contribution in [2.24, 2.45) is 0 Å². The van der Waals surface area contributed by atoms with E-state index in [1.807, 2.05) is 24.3 Å². The van der Waals surface area contributed by atoms with E-state index in [1.165, 1.54) is 7.11 Å². The zero-order valence-corrected chi connectivity index (χ0v) is 16.2. The molecular formula is C21H22N4O4. The SMILES string of the molecule is COC(=O)c1ccc(Nc2nccc(NCCOc3ccc(OC)cc3)n2)cc1. The second-order valence-corrected chi connectivity index (χ2v) is 5.91. The minimum atomic E-state index is -0.379. The van der Waals surface area contributed by atoms with Gasteiger partial charge in [-0.15, -0.1) is 0 Å². The molecule has 2 aromatic carbocycles. The topological polar surface area (TPSA) is 94.6 Å². The van der Waals surface area contributed by atoms with Gasteiger partial charge in [0.15, 0.2) is 0 Å². The van der Waals surface area contributed by atoms with Crippen LogP contribution >= 0.6 is 0 Å². The number of methoxy groups -OCH3 is 2. The number of aromatic nitrogens is 2. The molecule has 0 saturated heterocycles. The highest BCUT2D eigenvalue weighted by Gasteiger charge is 2.05. The van der Waals surface area contributed by atoms with Gasteiger partial charge in [0.1, 0.15) is 23.9 Å². The van der Waals surface area contributed by atoms with Crippen molar-refractivity contribution in [2.75, 3.05) is 38.0 Å². The maximum atomic E-state index is 11.5. The number of carbonyl (C=O) groups excluding carboxylic acids is 1. The van der Waals surface area contributed by atoms with Crippen molar-refractivity contribution in [2.45, 2.75) is 0 Å². The second kappa shape index (κ2) is 9.93. The molecule has 1 heterocycles. The Hall–Kier alpha value is -3.81. The molecule has 150 valence electrons. The quantitative estimate of drug-likeness (QED) is 0.421. The van der Waals surface area contributed by atoms with Crippen LogP contribution in [0.5, 0.6) is 11.5 Å². The molecular weight excluding hydrogens is 372 g/mol. The summed E-state index contributed by atoms with van der Waals surface area (Å²) in [6.07, 6.45) is 1.66. The average Bonchev–Trinajstić information content (AvgIpc) is 2.77. The van der Waals surface area contributed by atoms with E-state index in [2.05, 4.69) is 25.3 Å². The molecule has 0 radical (unpaired) electrons. The minimum Gasteiger partial charge on any atom is -0.497 e. The third kappa shape index (κ3) is 5.83. The molecule has 0 aliphatic heterocycles. The van der Waals surface area contributed by atoms with Crippen LogP contribution in [0.25, 0.3) is 0 Å². The number of nitrogens with one attached hydrogen (secondary N) is 2. The maximum Gasteiger partial charge on any atom is 0.337 e. The van der Waals surface area contributed by atoms with Gasteiger partial charge in [-0.25, -0.2) is 9.78 Å². The standard InChI is InChI=1S/C21H22N4O4/c1-27-17-7-9-18(10-8-17)29-14-13-22-19-11-12-23-21(25-19)24-16-5-3-15(4-6-16)20(26)28-2/h3-12H,13-14H2,1-2H3,(H2,22,23,24,25). The molecule has 29 heavy (non-hydrogen) atoms. The van der Waals surface area contributed by atoms with Gasteiger partial charge in [-0.1, -0.05) is 0 Å². The van der Waals surface area contributed by atoms with Crippen LogP contribution in [-0.2, 0) is 4.74 Å². The number of ether oxygens (including phenoxy) is 3. The first-order valence-corrected chi connectivity index (χ1v) is 8.97. The smallest absolute Gasteiger partial charge is 0.337 e. The van der Waals surface area contributed by atoms with Crippen LogP contribution < -0.4 is 20.1 Å². The van der Waals surface area contributed by atoms with Crippen LogP contribution in [0, 0.1) is 0 Å². The monoisotopic (exact) mass is 394 g/mol. The summed E-state index contributed by atoms with van der Waals surface area (Å²) in [5.74, 6) is 2.30. The molecule has 1 aromatic heterocycles. The van der Waals surface area contributed by atoms with E-state index in [-0.39, 0.29) is 5.97 Å². The molecule has 8 nitrogen and oxygen atoms in total. The lowest BCUT2D eigenvalue weighted by molar-refractivity contribution is 0.0601. The number of rotatable bonds is 9. The predicted octanol–water partition coefficient (Wildman–Crippen LogP) is 3.51. The molecule has 3 aromatic rings. The van der Waals surface area contributed by atoms with Gasteiger partial charge in [-0.2, -0.15) is 4.98 Å². The van der Waals surface area contributed by atoms with Gasteiger partial charge in [0, 0.05) is 11.9 Å². The Morgan fingerprint density at radius 1 is 0.966 bits per heavy atom. The van der Waals surface area contributed by atoms with E-state index in [1.54, 1.807) is 43.6 Å². The summed E-state index contributed by atoms with van der Waals surface area (Å²) in [4.78, 5) is 20.1. The van der Waals surface area contributed by atoms with E-state index in [0.717, 1.165) is 17.2 Å². The largest absolute Gasteiger partial charge is 0.497 e. The van der Waals surface area contributed by atoms with Crippen molar-refractivity contribution in [1.29, 1.82) is 0 Å². The maximum absolute atomic E-state index is 11.5. The van der Waals surface area contributed by atoms with Crippen LogP contribution in [0.4, 0.5) is 17.5 Å². The Bertz CT molecular complexity index is 930. The van der Waals surface area contributed by atoms with Crippen molar-refractivity contribution in [3.63, 3.8) is 0 Å². The summed E-state index contributed by atoms with van der Waals surface area (Å²) in [7, 11) is 2.98. The number of carbonyl (C=O) groups is 1. The third-order valence-electron chi connectivity index (χ3n) is 3.95. The fourth-order valence-corrected chi connectivity index (χ4v) is 2.47. The normalized spacial score (nSPS) is 10.1. The third-order valence-corrected chi connectivity index (χ3v) is 3.95. The Morgan fingerprint density at radius 2 is 1.69 bits per heavy atom. The van der Waals surface area contributed by atoms with Crippen LogP contribution in [0.2, 0.25) is 0 Å². The first kappa shape index (κ1) is 19.9. The molecule has 0 atom stereocenters. The van der Waals surface area contributed by atoms with Crippen LogP contribution in [0.15, 0.2) is 60.8 Å². The summed E-state index contributed by atoms with van der Waals surface area (Å²) < 4.78 is 15.5. The minimum absolute atomic E-state index is 0.379. The predicted molar refractivity (Wildman–Crippen MR) is 110 cm³/mol. The highest BCUT2D eigenvalue weighted by molar-refractivity contribution is 5.89. The molecule has 0 unspecified atom stereocenters. The lowest BCUT2D eigenvalue weighted by atomic mass is 10.2. The Balaban J connectivity index is 1.49. The van der Waals surface area contributed by atoms with Crippen molar-refractivity contribution in [1.82, 2.24) is 9.97 Å². The Labute approximate surface area is 168 Å². The molecule has 0 aliphatic carbocycles. The van der Waals surface area contributed by atoms with Crippen LogP contribution in [0.1, 0.15) is 10.4 Å². The van der Waals surface area contributed by atoms with Gasteiger partial charge in [-0.3, -0.25) is 0 Å². The lowest BCUT2D eigenvalue weighted by Crippen LogP contribution is -2.13. The molecule has 0 aliphatic rings. The van der Waals surface area contributed by atoms with Crippen molar-refractivity contribution in [3.05, 3.63) is 66.4 Å². The van der Waals surface area contributed by atoms with Gasteiger partial charge in [0.2, 0.25) is 5.95 Å². The van der Waals surface area contributed by atoms with Crippen molar-refractivity contribution in [3.8, 4) is 11.5 Å². The summed E-state index contributed by atoms with van der Waals surface area (Å²) in [5.41, 5.74) is 1.24. The number of benzene rings is 2. The second-order valence-electron chi connectivity index (χ2n) is 5.91. The number of nitrogens with zero attached hydrogens (tertiary/aromatic N) is 2.